The predicted molar refractivity (Wildman–Crippen MR) is 119 cm³/mol. The van der Waals surface area contributed by atoms with Crippen LogP contribution in [0.3, 0.4) is 0 Å². The number of carbonyl (C=O) groups is 2. The van der Waals surface area contributed by atoms with Crippen LogP contribution in [0.4, 0.5) is 0 Å². The highest BCUT2D eigenvalue weighted by Gasteiger charge is 2.36. The molecule has 31 heavy (non-hydrogen) atoms. The molecule has 0 radical (unpaired) electrons. The van der Waals surface area contributed by atoms with E-state index >= 15 is 0 Å². The van der Waals surface area contributed by atoms with Crippen molar-refractivity contribution in [2.24, 2.45) is 0 Å². The molecule has 7 nitrogen and oxygen atoms in total. The third-order valence-electron chi connectivity index (χ3n) is 6.62. The summed E-state index contributed by atoms with van der Waals surface area (Å²) in [6.45, 7) is 3.46. The molecule has 2 atom stereocenters. The molecule has 0 unspecified atom stereocenters. The van der Waals surface area contributed by atoms with Gasteiger partial charge in [0.15, 0.2) is 16.4 Å². The predicted octanol–water partition coefficient (Wildman–Crippen LogP) is 3.02. The van der Waals surface area contributed by atoms with Gasteiger partial charge in [-0.1, -0.05) is 6.92 Å². The third kappa shape index (κ3) is 4.49. The molecule has 1 aromatic heterocycles. The van der Waals surface area contributed by atoms with Crippen LogP contribution in [0.25, 0.3) is 10.9 Å². The van der Waals surface area contributed by atoms with Gasteiger partial charge < -0.3 is 14.6 Å². The van der Waals surface area contributed by atoms with Crippen LogP contribution in [0, 0.1) is 0 Å². The van der Waals surface area contributed by atoms with Gasteiger partial charge >= 0.3 is 5.97 Å². The van der Waals surface area contributed by atoms with Crippen molar-refractivity contribution in [2.45, 2.75) is 64.5 Å². The molecule has 1 aromatic carbocycles. The normalized spacial score (nSPS) is 20.9. The van der Waals surface area contributed by atoms with Crippen molar-refractivity contribution >= 4 is 32.6 Å². The van der Waals surface area contributed by atoms with Crippen LogP contribution in [0.2, 0.25) is 0 Å². The van der Waals surface area contributed by atoms with Crippen molar-refractivity contribution < 1.29 is 22.7 Å². The second-order valence-electron chi connectivity index (χ2n) is 8.74. The fourth-order valence-electron chi connectivity index (χ4n) is 4.82. The van der Waals surface area contributed by atoms with Gasteiger partial charge in [-0.25, -0.2) is 13.2 Å². The monoisotopic (exact) mass is 446 g/mol. The Kier molecular flexibility index (Phi) is 6.10. The Morgan fingerprint density at radius 1 is 1.26 bits per heavy atom. The number of esters is 1. The Hall–Kier alpha value is -2.35. The molecular weight excluding hydrogens is 416 g/mol. The molecule has 1 amide bonds. The van der Waals surface area contributed by atoms with Crippen LogP contribution in [0.5, 0.6) is 0 Å². The molecule has 0 bridgehead atoms. The molecule has 2 aliphatic rings. The highest BCUT2D eigenvalue weighted by Crippen LogP contribution is 2.30. The number of hydrogen-bond acceptors (Lipinski definition) is 5. The summed E-state index contributed by atoms with van der Waals surface area (Å²) >= 11 is 0. The van der Waals surface area contributed by atoms with Gasteiger partial charge in [-0.3, -0.25) is 4.79 Å². The molecule has 1 fully saturated rings. The summed E-state index contributed by atoms with van der Waals surface area (Å²) in [7, 11) is -3.12. The zero-order chi connectivity index (χ0) is 22.2. The van der Waals surface area contributed by atoms with Gasteiger partial charge in [-0.05, 0) is 69.2 Å². The number of nitrogens with zero attached hydrogens (tertiary/aromatic N) is 1. The first-order chi connectivity index (χ1) is 14.8. The van der Waals surface area contributed by atoms with Gasteiger partial charge in [0, 0.05) is 28.7 Å². The van der Waals surface area contributed by atoms with Crippen LogP contribution >= 0.6 is 0 Å². The molecule has 1 aliphatic carbocycles. The summed E-state index contributed by atoms with van der Waals surface area (Å²) in [6.07, 6.45) is 5.48. The van der Waals surface area contributed by atoms with Crippen molar-refractivity contribution in [2.75, 3.05) is 18.1 Å². The average molecular weight is 447 g/mol. The van der Waals surface area contributed by atoms with E-state index in [1.165, 1.54) is 17.7 Å². The molecule has 2 aromatic rings. The number of nitrogens with one attached hydrogen (secondary N) is 1. The quantitative estimate of drug-likeness (QED) is 0.688. The number of aromatic amines is 1. The van der Waals surface area contributed by atoms with Crippen LogP contribution in [0.1, 0.15) is 61.1 Å². The molecule has 8 heteroatoms. The second kappa shape index (κ2) is 8.65. The number of amides is 1. The van der Waals surface area contributed by atoms with E-state index in [2.05, 4.69) is 4.98 Å². The van der Waals surface area contributed by atoms with Crippen molar-refractivity contribution in [3.05, 3.63) is 35.0 Å². The first-order valence-electron chi connectivity index (χ1n) is 11.1. The standard InChI is InChI=1S/C23H30N2O5S/c1-3-15(2)25(17-10-11-31(28,29)14-17)22(26)13-30-23(27)16-8-9-21-19(12-16)18-6-4-5-7-20(18)24-21/h8-9,12,15,17,24H,3-7,10-11,13-14H2,1-2H3/t15-,17-/m0/s1. The van der Waals surface area contributed by atoms with E-state index in [1.54, 1.807) is 11.0 Å². The Bertz CT molecular complexity index is 1100. The number of aryl methyl sites for hydroxylation is 2. The minimum atomic E-state index is -3.12. The number of H-pyrrole nitrogens is 1. The highest BCUT2D eigenvalue weighted by molar-refractivity contribution is 7.91. The van der Waals surface area contributed by atoms with Gasteiger partial charge in [0.05, 0.1) is 17.1 Å². The maximum Gasteiger partial charge on any atom is 0.338 e. The van der Waals surface area contributed by atoms with Crippen LogP contribution in [-0.4, -0.2) is 60.4 Å². The minimum Gasteiger partial charge on any atom is -0.452 e. The molecule has 1 aliphatic heterocycles. The lowest BCUT2D eigenvalue weighted by Gasteiger charge is -2.33. The maximum atomic E-state index is 12.9. The Morgan fingerprint density at radius 2 is 2.03 bits per heavy atom. The van der Waals surface area contributed by atoms with E-state index in [0.29, 0.717) is 18.4 Å². The first-order valence-corrected chi connectivity index (χ1v) is 12.9. The van der Waals surface area contributed by atoms with E-state index in [4.69, 9.17) is 4.74 Å². The second-order valence-corrected chi connectivity index (χ2v) is 11.0. The lowest BCUT2D eigenvalue weighted by Crippen LogP contribution is -2.48. The number of carbonyl (C=O) groups excluding carboxylic acids is 2. The zero-order valence-electron chi connectivity index (χ0n) is 18.1. The van der Waals surface area contributed by atoms with Crippen LogP contribution in [0.15, 0.2) is 18.2 Å². The van der Waals surface area contributed by atoms with Gasteiger partial charge in [-0.2, -0.15) is 0 Å². The number of rotatable bonds is 6. The van der Waals surface area contributed by atoms with Gasteiger partial charge in [0.1, 0.15) is 0 Å². The van der Waals surface area contributed by atoms with Gasteiger partial charge in [0.25, 0.3) is 5.91 Å². The fourth-order valence-corrected chi connectivity index (χ4v) is 6.53. The van der Waals surface area contributed by atoms with Gasteiger partial charge in [-0.15, -0.1) is 0 Å². The lowest BCUT2D eigenvalue weighted by atomic mass is 9.95. The first kappa shape index (κ1) is 21.9. The smallest absolute Gasteiger partial charge is 0.338 e. The van der Waals surface area contributed by atoms with Crippen LogP contribution in [-0.2, 0) is 32.2 Å². The Labute approximate surface area is 183 Å². The average Bonchev–Trinajstić information content (AvgIpc) is 3.30. The van der Waals surface area contributed by atoms with Crippen molar-refractivity contribution in [3.8, 4) is 0 Å². The maximum absolute atomic E-state index is 12.9. The molecular formula is C23H30N2O5S. The molecule has 0 saturated carbocycles. The molecule has 4 rings (SSSR count). The number of sulfone groups is 1. The van der Waals surface area contributed by atoms with E-state index in [0.717, 1.165) is 30.2 Å². The Balaban J connectivity index is 1.46. The van der Waals surface area contributed by atoms with Gasteiger partial charge in [0.2, 0.25) is 0 Å². The summed E-state index contributed by atoms with van der Waals surface area (Å²) in [4.78, 5) is 30.6. The lowest BCUT2D eigenvalue weighted by molar-refractivity contribution is -0.138. The van der Waals surface area contributed by atoms with E-state index < -0.39 is 15.8 Å². The summed E-state index contributed by atoms with van der Waals surface area (Å²) in [5.41, 5.74) is 3.96. The van der Waals surface area contributed by atoms with Crippen LogP contribution < -0.4 is 0 Å². The number of hydrogen-bond donors (Lipinski definition) is 1. The van der Waals surface area contributed by atoms with Crippen molar-refractivity contribution in [3.63, 3.8) is 0 Å². The molecule has 0 spiro atoms. The fraction of sp³-hybridized carbons (Fsp3) is 0.565. The van der Waals surface area contributed by atoms with E-state index in [9.17, 15) is 18.0 Å². The number of aromatic nitrogens is 1. The topological polar surface area (TPSA) is 96.5 Å². The molecule has 2 heterocycles. The number of benzene rings is 1. The molecule has 168 valence electrons. The number of ether oxygens (including phenoxy) is 1. The zero-order valence-corrected chi connectivity index (χ0v) is 19.0. The van der Waals surface area contributed by atoms with Crippen molar-refractivity contribution in [1.29, 1.82) is 0 Å². The Morgan fingerprint density at radius 3 is 2.74 bits per heavy atom. The third-order valence-corrected chi connectivity index (χ3v) is 8.37. The largest absolute Gasteiger partial charge is 0.452 e. The SMILES string of the molecule is CC[C@H](C)N(C(=O)COC(=O)c1ccc2[nH]c3c(c2c1)CCCC3)[C@H]1CCS(=O)(=O)C1. The number of fused-ring (bicyclic) bond motifs is 3. The molecule has 1 saturated heterocycles. The summed E-state index contributed by atoms with van der Waals surface area (Å²) in [5, 5.41) is 1.05. The highest BCUT2D eigenvalue weighted by atomic mass is 32.2. The minimum absolute atomic E-state index is 0.0215. The summed E-state index contributed by atoms with van der Waals surface area (Å²) in [5.74, 6) is -0.806. The van der Waals surface area contributed by atoms with Crippen molar-refractivity contribution in [1.82, 2.24) is 9.88 Å². The summed E-state index contributed by atoms with van der Waals surface area (Å²) in [6, 6.07) is 4.98. The van der Waals surface area contributed by atoms with E-state index in [1.807, 2.05) is 26.0 Å². The molecule has 1 N–H and O–H groups in total. The van der Waals surface area contributed by atoms with E-state index in [-0.39, 0.29) is 36.1 Å². The summed E-state index contributed by atoms with van der Waals surface area (Å²) < 4.78 is 29.1.